The van der Waals surface area contributed by atoms with Gasteiger partial charge in [-0.1, -0.05) is 49.0 Å². The van der Waals surface area contributed by atoms with Gasteiger partial charge in [-0.15, -0.1) is 0 Å². The van der Waals surface area contributed by atoms with E-state index >= 15 is 0 Å². The highest BCUT2D eigenvalue weighted by molar-refractivity contribution is 6.21. The Kier molecular flexibility index (Phi) is 4.32. The first-order valence-corrected chi connectivity index (χ1v) is 9.00. The summed E-state index contributed by atoms with van der Waals surface area (Å²) in [4.78, 5) is 24.1. The maximum Gasteiger partial charge on any atom is 0.307 e. The van der Waals surface area contributed by atoms with Crippen LogP contribution in [-0.4, -0.2) is 16.9 Å². The lowest BCUT2D eigenvalue weighted by Gasteiger charge is -2.25. The number of nitrogens with one attached hydrogen (secondary N) is 1. The van der Waals surface area contributed by atoms with Crippen LogP contribution in [0, 0.1) is 6.92 Å². The molecule has 138 valence electrons. The summed E-state index contributed by atoms with van der Waals surface area (Å²) < 4.78 is 0. The molecule has 4 rings (SSSR count). The molecule has 0 amide bonds. The Morgan fingerprint density at radius 3 is 2.32 bits per heavy atom. The van der Waals surface area contributed by atoms with Crippen LogP contribution in [-0.2, 0) is 11.2 Å². The van der Waals surface area contributed by atoms with Crippen molar-refractivity contribution in [3.8, 4) is 0 Å². The number of carboxylic acids is 1. The molecule has 28 heavy (non-hydrogen) atoms. The molecule has 0 aromatic heterocycles. The van der Waals surface area contributed by atoms with Crippen LogP contribution in [0.25, 0.3) is 5.57 Å². The Labute approximate surface area is 163 Å². The third kappa shape index (κ3) is 2.99. The van der Waals surface area contributed by atoms with Gasteiger partial charge in [-0.25, -0.2) is 0 Å². The molecule has 0 saturated heterocycles. The van der Waals surface area contributed by atoms with Crippen LogP contribution in [0.3, 0.4) is 0 Å². The molecule has 0 bridgehead atoms. The van der Waals surface area contributed by atoms with E-state index in [0.717, 1.165) is 33.5 Å². The van der Waals surface area contributed by atoms with Crippen LogP contribution in [0.15, 0.2) is 67.2 Å². The number of aliphatic carboxylic acids is 1. The molecule has 3 aromatic rings. The molecule has 0 unspecified atom stereocenters. The summed E-state index contributed by atoms with van der Waals surface area (Å²) in [7, 11) is 0. The third-order valence-electron chi connectivity index (χ3n) is 5.03. The molecule has 0 aliphatic heterocycles. The predicted octanol–water partition coefficient (Wildman–Crippen LogP) is 4.97. The molecule has 0 fully saturated rings. The Morgan fingerprint density at radius 1 is 0.964 bits per heavy atom. The number of rotatable bonds is 4. The molecular weight excluding hydrogens is 350 g/mol. The first-order chi connectivity index (χ1) is 13.5. The molecule has 1 aliphatic carbocycles. The average molecular weight is 369 g/mol. The second kappa shape index (κ2) is 6.82. The van der Waals surface area contributed by atoms with Gasteiger partial charge in [0.15, 0.2) is 5.78 Å². The summed E-state index contributed by atoms with van der Waals surface area (Å²) >= 11 is 0. The second-order valence-electron chi connectivity index (χ2n) is 6.93. The van der Waals surface area contributed by atoms with E-state index in [4.69, 9.17) is 5.11 Å². The number of ketones is 1. The van der Waals surface area contributed by atoms with E-state index in [1.165, 1.54) is 0 Å². The largest absolute Gasteiger partial charge is 0.481 e. The number of carboxylic acid groups (broad SMARTS) is 1. The molecule has 4 heteroatoms. The minimum atomic E-state index is -0.865. The van der Waals surface area contributed by atoms with E-state index in [1.807, 2.05) is 55.5 Å². The van der Waals surface area contributed by atoms with Crippen molar-refractivity contribution in [2.24, 2.45) is 0 Å². The summed E-state index contributed by atoms with van der Waals surface area (Å²) in [5, 5.41) is 12.2. The first-order valence-electron chi connectivity index (χ1n) is 9.00. The van der Waals surface area contributed by atoms with Crippen molar-refractivity contribution >= 4 is 28.7 Å². The van der Waals surface area contributed by atoms with Crippen molar-refractivity contribution in [2.75, 3.05) is 5.32 Å². The lowest BCUT2D eigenvalue weighted by Crippen LogP contribution is -2.17. The number of anilines is 2. The molecule has 0 atom stereocenters. The number of aryl methyl sites for hydroxylation is 1. The number of fused-ring (bicyclic) bond motifs is 2. The van der Waals surface area contributed by atoms with E-state index in [1.54, 1.807) is 12.1 Å². The molecule has 3 aromatic carbocycles. The Bertz CT molecular complexity index is 1130. The summed E-state index contributed by atoms with van der Waals surface area (Å²) in [5.41, 5.74) is 7.11. The van der Waals surface area contributed by atoms with Gasteiger partial charge in [-0.05, 0) is 52.9 Å². The van der Waals surface area contributed by atoms with Gasteiger partial charge in [0.25, 0.3) is 0 Å². The maximum absolute atomic E-state index is 13.2. The molecule has 0 radical (unpaired) electrons. The van der Waals surface area contributed by atoms with Crippen molar-refractivity contribution in [1.82, 2.24) is 0 Å². The van der Waals surface area contributed by atoms with E-state index in [0.29, 0.717) is 16.8 Å². The van der Waals surface area contributed by atoms with Crippen molar-refractivity contribution in [3.63, 3.8) is 0 Å². The summed E-state index contributed by atoms with van der Waals surface area (Å²) in [5.74, 6) is -0.886. The monoisotopic (exact) mass is 369 g/mol. The van der Waals surface area contributed by atoms with Gasteiger partial charge >= 0.3 is 5.97 Å². The van der Waals surface area contributed by atoms with Crippen LogP contribution in [0.1, 0.15) is 38.2 Å². The molecule has 0 heterocycles. The predicted molar refractivity (Wildman–Crippen MR) is 110 cm³/mol. The number of hydrogen-bond donors (Lipinski definition) is 2. The molecular formula is C24H19NO3. The van der Waals surface area contributed by atoms with Gasteiger partial charge in [0, 0.05) is 11.3 Å². The third-order valence-corrected chi connectivity index (χ3v) is 5.03. The topological polar surface area (TPSA) is 66.4 Å². The highest BCUT2D eigenvalue weighted by atomic mass is 16.4. The lowest BCUT2D eigenvalue weighted by molar-refractivity contribution is -0.136. The fourth-order valence-electron chi connectivity index (χ4n) is 3.69. The van der Waals surface area contributed by atoms with E-state index < -0.39 is 5.97 Å². The smallest absolute Gasteiger partial charge is 0.307 e. The van der Waals surface area contributed by atoms with E-state index in [2.05, 4.69) is 11.9 Å². The van der Waals surface area contributed by atoms with Crippen LogP contribution in [0.4, 0.5) is 11.4 Å². The van der Waals surface area contributed by atoms with Gasteiger partial charge in [0.05, 0.1) is 17.7 Å². The molecule has 2 N–H and O–H groups in total. The maximum atomic E-state index is 13.2. The van der Waals surface area contributed by atoms with Crippen LogP contribution in [0.2, 0.25) is 0 Å². The van der Waals surface area contributed by atoms with Gasteiger partial charge in [0.1, 0.15) is 0 Å². The van der Waals surface area contributed by atoms with E-state index in [-0.39, 0.29) is 12.2 Å². The number of carbonyl (C=O) groups is 2. The molecule has 0 saturated carbocycles. The standard InChI is InChI=1S/C24H19NO3/c1-14-7-12-20(25-17-10-8-16(9-11-17)13-21(26)27)23-22(14)15(2)18-5-3-4-6-19(18)24(23)28/h3-12,25H,2,13H2,1H3,(H,26,27). The number of hydrogen-bond acceptors (Lipinski definition) is 3. The lowest BCUT2D eigenvalue weighted by atomic mass is 9.79. The first kappa shape index (κ1) is 17.7. The van der Waals surface area contributed by atoms with Gasteiger partial charge < -0.3 is 10.4 Å². The van der Waals surface area contributed by atoms with Gasteiger partial charge in [-0.3, -0.25) is 9.59 Å². The summed E-state index contributed by atoms with van der Waals surface area (Å²) in [6.07, 6.45) is -0.0185. The summed E-state index contributed by atoms with van der Waals surface area (Å²) in [6.45, 7) is 6.23. The quantitative estimate of drug-likeness (QED) is 0.533. The van der Waals surface area contributed by atoms with Crippen molar-refractivity contribution in [1.29, 1.82) is 0 Å². The molecule has 0 spiro atoms. The minimum Gasteiger partial charge on any atom is -0.481 e. The van der Waals surface area contributed by atoms with E-state index in [9.17, 15) is 9.59 Å². The fourth-order valence-corrected chi connectivity index (χ4v) is 3.69. The SMILES string of the molecule is C=C1c2ccccc2C(=O)c2c(Nc3ccc(CC(=O)O)cc3)ccc(C)c21. The summed E-state index contributed by atoms with van der Waals surface area (Å²) in [6, 6.07) is 18.6. The normalized spacial score (nSPS) is 12.3. The van der Waals surface area contributed by atoms with Crippen molar-refractivity contribution in [3.05, 3.63) is 101 Å². The Morgan fingerprint density at radius 2 is 1.64 bits per heavy atom. The molecule has 1 aliphatic rings. The second-order valence-corrected chi connectivity index (χ2v) is 6.93. The average Bonchev–Trinajstić information content (AvgIpc) is 2.68. The highest BCUT2D eigenvalue weighted by Crippen LogP contribution is 2.40. The fraction of sp³-hybridized carbons (Fsp3) is 0.0833. The van der Waals surface area contributed by atoms with Crippen molar-refractivity contribution < 1.29 is 14.7 Å². The highest BCUT2D eigenvalue weighted by Gasteiger charge is 2.29. The van der Waals surface area contributed by atoms with Gasteiger partial charge in [0.2, 0.25) is 0 Å². The van der Waals surface area contributed by atoms with Crippen LogP contribution in [0.5, 0.6) is 0 Å². The Balaban J connectivity index is 1.75. The Hall–Kier alpha value is -3.66. The van der Waals surface area contributed by atoms with Crippen LogP contribution < -0.4 is 5.32 Å². The molecule has 4 nitrogen and oxygen atoms in total. The van der Waals surface area contributed by atoms with Crippen molar-refractivity contribution in [2.45, 2.75) is 13.3 Å². The zero-order valence-corrected chi connectivity index (χ0v) is 15.5. The number of carbonyl (C=O) groups excluding carboxylic acids is 1. The number of benzene rings is 3. The van der Waals surface area contributed by atoms with Gasteiger partial charge in [-0.2, -0.15) is 0 Å². The zero-order chi connectivity index (χ0) is 19.8. The minimum absolute atomic E-state index is 0.0185. The van der Waals surface area contributed by atoms with Crippen LogP contribution >= 0.6 is 0 Å². The zero-order valence-electron chi connectivity index (χ0n) is 15.5.